The summed E-state index contributed by atoms with van der Waals surface area (Å²) in [4.78, 5) is 12.0. The maximum atomic E-state index is 5.97. The van der Waals surface area contributed by atoms with Gasteiger partial charge in [-0.3, -0.25) is 15.0 Å². The highest BCUT2D eigenvalue weighted by Crippen LogP contribution is 2.36. The predicted octanol–water partition coefficient (Wildman–Crippen LogP) is 31.0. The zero-order valence-electron chi connectivity index (χ0n) is 68.4. The average molecular weight is 1550 g/mol. The van der Waals surface area contributed by atoms with Gasteiger partial charge in [0.1, 0.15) is 46.0 Å². The Morgan fingerprint density at radius 2 is 0.504 bits per heavy atom. The topological polar surface area (TPSA) is 75.6 Å². The van der Waals surface area contributed by atoms with Crippen molar-refractivity contribution < 1.29 is 18.9 Å². The second kappa shape index (κ2) is 44.6. The minimum atomic E-state index is 0.858. The molecule has 18 aromatic rings. The third-order valence-electron chi connectivity index (χ3n) is 19.2. The van der Waals surface area contributed by atoms with Gasteiger partial charge in [0.05, 0.1) is 0 Å². The summed E-state index contributed by atoms with van der Waals surface area (Å²) in [7, 11) is 0. The van der Waals surface area contributed by atoms with E-state index in [0.717, 1.165) is 62.7 Å². The fourth-order valence-electron chi connectivity index (χ4n) is 12.9. The molecular weight excluding hydrogens is 1450 g/mol. The van der Waals surface area contributed by atoms with Gasteiger partial charge in [0.2, 0.25) is 0 Å². The Morgan fingerprint density at radius 1 is 0.160 bits per heavy atom. The highest BCUT2D eigenvalue weighted by Gasteiger charge is 2.11. The first-order chi connectivity index (χ1) is 58.4. The van der Waals surface area contributed by atoms with Crippen LogP contribution in [0.25, 0.3) is 77.9 Å². The molecule has 0 saturated carbocycles. The van der Waals surface area contributed by atoms with E-state index in [-0.39, 0.29) is 0 Å². The number of ether oxygens (including phenoxy) is 4. The molecule has 0 aliphatic carbocycles. The molecule has 18 rings (SSSR count). The number of hydrogen-bond donors (Lipinski definition) is 0. The van der Waals surface area contributed by atoms with Crippen LogP contribution in [0.2, 0.25) is 0 Å². The normalized spacial score (nSPS) is 10.1. The quantitative estimate of drug-likeness (QED) is 0.101. The zero-order chi connectivity index (χ0) is 82.4. The Bertz CT molecular complexity index is 5960. The van der Waals surface area contributed by atoms with Gasteiger partial charge in [0.25, 0.3) is 0 Å². The van der Waals surface area contributed by atoms with Crippen molar-refractivity contribution in [3.8, 4) is 124 Å². The maximum Gasteiger partial charge on any atom is 0.130 e. The van der Waals surface area contributed by atoms with E-state index in [0.29, 0.717) is 0 Å². The largest absolute Gasteiger partial charge is 0.457 e. The van der Waals surface area contributed by atoms with Gasteiger partial charge >= 0.3 is 0 Å². The zero-order valence-corrected chi connectivity index (χ0v) is 68.4. The second-order valence-corrected chi connectivity index (χ2v) is 28.3. The lowest BCUT2D eigenvalue weighted by atomic mass is 10.00. The van der Waals surface area contributed by atoms with Gasteiger partial charge in [-0.05, 0) is 275 Å². The first-order valence-corrected chi connectivity index (χ1v) is 39.9. The van der Waals surface area contributed by atoms with Crippen molar-refractivity contribution >= 4 is 0 Å². The van der Waals surface area contributed by atoms with Crippen LogP contribution in [0.4, 0.5) is 0 Å². The minimum absolute atomic E-state index is 0.858. The van der Waals surface area contributed by atoms with Crippen molar-refractivity contribution in [2.45, 2.75) is 48.5 Å². The fourth-order valence-corrected chi connectivity index (χ4v) is 12.9. The maximum absolute atomic E-state index is 5.97. The lowest BCUT2D eigenvalue weighted by Gasteiger charge is -2.12. The van der Waals surface area contributed by atoms with Gasteiger partial charge in [0, 0.05) is 37.2 Å². The predicted molar refractivity (Wildman–Crippen MR) is 496 cm³/mol. The van der Waals surface area contributed by atoms with Crippen LogP contribution in [0.3, 0.4) is 0 Å². The monoisotopic (exact) mass is 1550 g/mol. The Kier molecular flexibility index (Phi) is 31.2. The molecule has 0 atom stereocenters. The molecule has 0 aliphatic rings. The van der Waals surface area contributed by atoms with Crippen LogP contribution in [0, 0.1) is 48.5 Å². The van der Waals surface area contributed by atoms with Crippen LogP contribution in [0.1, 0.15) is 38.9 Å². The van der Waals surface area contributed by atoms with Gasteiger partial charge < -0.3 is 18.9 Å². The number of rotatable bonds is 15. The van der Waals surface area contributed by atoms with E-state index < -0.39 is 0 Å². The molecule has 0 spiro atoms. The van der Waals surface area contributed by atoms with Crippen molar-refractivity contribution in [2.24, 2.45) is 0 Å². The first-order valence-electron chi connectivity index (χ1n) is 39.9. The van der Waals surface area contributed by atoms with E-state index in [9.17, 15) is 0 Å². The number of nitrogens with zero attached hydrogens (tertiary/aromatic N) is 3. The molecular formula is C112H97N3O4. The molecule has 15 aromatic carbocycles. The fraction of sp³-hybridized carbons (Fsp3) is 0.0625. The SMILES string of the molecule is Cc1c(Oc2ccccc2)cccc1-c1ccccc1.Cc1cc(-c2ccccc2)ccc1Oc1ccccc1.Cc1cc(Oc2ccccc2)cc(-c2ccccc2)c1.Cc1ccc(-c2ccccc2)cc1Oc1ccccc1.Cc1ccc(-c2ccncc2)cc1.Cc1cccc(-c2ccncc2)c1.Cc1ccccc1-c1ccncc1. The van der Waals surface area contributed by atoms with Crippen LogP contribution in [-0.2, 0) is 0 Å². The van der Waals surface area contributed by atoms with Gasteiger partial charge in [-0.25, -0.2) is 0 Å². The van der Waals surface area contributed by atoms with Gasteiger partial charge in [-0.2, -0.15) is 0 Å². The third-order valence-corrected chi connectivity index (χ3v) is 19.2. The standard InChI is InChI=1S/4C19H16O.3C12H11N/c1-15-18(16-9-4-2-5-10-16)13-8-14-19(15)20-17-11-6-3-7-12-17;1-15-12-17(16-8-4-2-5-9-16)14-19(13-15)20-18-10-6-3-7-11-18;1-15-14-17(16-8-4-2-5-9-16)12-13-19(15)20-18-10-6-3-7-11-18;1-15-12-13-17(16-8-4-2-5-9-16)14-19(15)20-18-10-6-3-7-11-18;1-10-2-4-11(5-3-10)12-6-8-13-9-7-12;1-10-3-2-4-12(9-10)11-5-7-13-8-6-11;1-10-4-2-3-5-12(10)11-6-8-13-9-7-11/h4*2-14H,1H3;3*2-9H,1H3. The highest BCUT2D eigenvalue weighted by atomic mass is 16.5. The van der Waals surface area contributed by atoms with Crippen LogP contribution >= 0.6 is 0 Å². The molecule has 0 fully saturated rings. The molecule has 119 heavy (non-hydrogen) atoms. The minimum Gasteiger partial charge on any atom is -0.457 e. The van der Waals surface area contributed by atoms with Gasteiger partial charge in [-0.15, -0.1) is 0 Å². The molecule has 0 radical (unpaired) electrons. The summed E-state index contributed by atoms with van der Waals surface area (Å²) in [6.45, 7) is 14.6. The molecule has 584 valence electrons. The summed E-state index contributed by atoms with van der Waals surface area (Å²) in [6, 6.07) is 143. The van der Waals surface area contributed by atoms with Crippen molar-refractivity contribution in [1.82, 2.24) is 15.0 Å². The molecule has 7 heteroatoms. The number of para-hydroxylation sites is 4. The molecule has 0 N–H and O–H groups in total. The van der Waals surface area contributed by atoms with Crippen molar-refractivity contribution in [2.75, 3.05) is 0 Å². The molecule has 0 amide bonds. The summed E-state index contributed by atoms with van der Waals surface area (Å²) in [5.74, 6) is 7.02. The van der Waals surface area contributed by atoms with Crippen LogP contribution in [-0.4, -0.2) is 15.0 Å². The van der Waals surface area contributed by atoms with E-state index >= 15 is 0 Å². The second-order valence-electron chi connectivity index (χ2n) is 28.3. The summed E-state index contributed by atoms with van der Waals surface area (Å²) < 4.78 is 23.8. The molecule has 3 aromatic heterocycles. The summed E-state index contributed by atoms with van der Waals surface area (Å²) in [5.41, 5.74) is 25.5. The smallest absolute Gasteiger partial charge is 0.130 e. The Morgan fingerprint density at radius 3 is 1.00 bits per heavy atom. The molecule has 0 unspecified atom stereocenters. The van der Waals surface area contributed by atoms with E-state index in [1.165, 1.54) is 100 Å². The number of hydrogen-bond acceptors (Lipinski definition) is 7. The molecule has 7 nitrogen and oxygen atoms in total. The molecule has 0 aliphatic heterocycles. The average Bonchev–Trinajstić information content (AvgIpc) is 0.863. The number of aromatic nitrogens is 3. The Labute approximate surface area is 702 Å². The van der Waals surface area contributed by atoms with Gasteiger partial charge in [0.15, 0.2) is 0 Å². The molecule has 3 heterocycles. The van der Waals surface area contributed by atoms with Crippen LogP contribution < -0.4 is 18.9 Å². The lowest BCUT2D eigenvalue weighted by molar-refractivity contribution is 0.479. The van der Waals surface area contributed by atoms with Crippen LogP contribution in [0.15, 0.2) is 462 Å². The van der Waals surface area contributed by atoms with E-state index in [1.807, 2.05) is 250 Å². The van der Waals surface area contributed by atoms with Crippen molar-refractivity contribution in [3.05, 3.63) is 501 Å². The summed E-state index contributed by atoms with van der Waals surface area (Å²) >= 11 is 0. The Hall–Kier alpha value is -15.1. The number of benzene rings is 15. The summed E-state index contributed by atoms with van der Waals surface area (Å²) in [6.07, 6.45) is 10.9. The van der Waals surface area contributed by atoms with Crippen molar-refractivity contribution in [3.63, 3.8) is 0 Å². The third kappa shape index (κ3) is 26.2. The van der Waals surface area contributed by atoms with E-state index in [1.54, 1.807) is 0 Å². The Balaban J connectivity index is 0.000000129. The lowest BCUT2D eigenvalue weighted by Crippen LogP contribution is -1.90. The van der Waals surface area contributed by atoms with Crippen molar-refractivity contribution in [1.29, 1.82) is 0 Å². The van der Waals surface area contributed by atoms with Crippen LogP contribution in [0.5, 0.6) is 46.0 Å². The van der Waals surface area contributed by atoms with E-state index in [2.05, 4.69) is 276 Å². The van der Waals surface area contributed by atoms with E-state index in [4.69, 9.17) is 18.9 Å². The summed E-state index contributed by atoms with van der Waals surface area (Å²) in [5, 5.41) is 0. The van der Waals surface area contributed by atoms with Gasteiger partial charge in [-0.1, -0.05) is 314 Å². The highest BCUT2D eigenvalue weighted by molar-refractivity contribution is 5.72. The molecule has 0 bridgehead atoms. The number of aryl methyl sites for hydroxylation is 6. The molecule has 0 saturated heterocycles. The number of pyridine rings is 3. The first kappa shape index (κ1) is 83.4.